The molecule has 3 aromatic carbocycles. The van der Waals surface area contributed by atoms with Gasteiger partial charge in [-0.15, -0.1) is 0 Å². The Balaban J connectivity index is 1.46. The number of benzene rings is 3. The highest BCUT2D eigenvalue weighted by molar-refractivity contribution is 5.65. The maximum absolute atomic E-state index is 10.5. The number of carbonyl (C=O) groups is 2. The number of carbonyl (C=O) groups excluding carboxylic acids is 2. The van der Waals surface area contributed by atoms with Crippen LogP contribution in [0.1, 0.15) is 6.92 Å². The van der Waals surface area contributed by atoms with Crippen molar-refractivity contribution in [1.82, 2.24) is 0 Å². The van der Waals surface area contributed by atoms with Gasteiger partial charge >= 0.3 is 5.97 Å². The van der Waals surface area contributed by atoms with Gasteiger partial charge in [-0.2, -0.15) is 25.3 Å². The van der Waals surface area contributed by atoms with E-state index in [-0.39, 0.29) is 6.79 Å². The summed E-state index contributed by atoms with van der Waals surface area (Å²) in [7, 11) is 1.91. The number of hydrogen-bond acceptors (Lipinski definition) is 12. The first kappa shape index (κ1) is 26.9. The predicted molar refractivity (Wildman–Crippen MR) is 132 cm³/mol. The smallest absolute Gasteiger partial charge is 0.342 e. The molecule has 3 rings (SSSR count). The zero-order chi connectivity index (χ0) is 26.3. The van der Waals surface area contributed by atoms with Gasteiger partial charge in [-0.05, 0) is 77.8 Å². The van der Waals surface area contributed by atoms with Crippen molar-refractivity contribution >= 4 is 40.9 Å². The van der Waals surface area contributed by atoms with Gasteiger partial charge in [-0.3, -0.25) is 9.68 Å². The highest BCUT2D eigenvalue weighted by Gasteiger charge is 2.01. The van der Waals surface area contributed by atoms with E-state index in [4.69, 9.17) is 9.47 Å². The Kier molecular flexibility index (Phi) is 10.7. The molecule has 0 N–H and O–H groups in total. The fourth-order valence-electron chi connectivity index (χ4n) is 2.75. The quantitative estimate of drug-likeness (QED) is 0.0659. The molecule has 0 fully saturated rings. The summed E-state index contributed by atoms with van der Waals surface area (Å²) >= 11 is 0. The monoisotopic (exact) mass is 507 g/mol. The molecule has 0 spiro atoms. The van der Waals surface area contributed by atoms with E-state index in [1.165, 1.54) is 6.92 Å². The summed E-state index contributed by atoms with van der Waals surface area (Å²) in [6.45, 7) is 2.27. The van der Waals surface area contributed by atoms with Crippen LogP contribution in [0.25, 0.3) is 0 Å². The summed E-state index contributed by atoms with van der Waals surface area (Å²) in [5, 5.41) is 21.1. The first-order valence-corrected chi connectivity index (χ1v) is 11.0. The molecule has 0 aliphatic carbocycles. The first-order chi connectivity index (χ1) is 18.0. The molecule has 0 heterocycles. The average molecular weight is 508 g/mol. The van der Waals surface area contributed by atoms with Crippen molar-refractivity contribution in [3.05, 3.63) is 72.8 Å². The Morgan fingerprint density at radius 2 is 1.30 bits per heavy atom. The SMILES string of the molecule is CC(=O)OOOCOc1ccc(N=Nc2ccc(N=Nc3ccc(N(C)CCOC=O)cc3)cc2)cc1. The molecule has 12 nitrogen and oxygen atoms in total. The van der Waals surface area contributed by atoms with Crippen molar-refractivity contribution in [3.8, 4) is 5.75 Å². The minimum absolute atomic E-state index is 0.264. The molecule has 0 atom stereocenters. The van der Waals surface area contributed by atoms with Crippen molar-refractivity contribution in [3.63, 3.8) is 0 Å². The summed E-state index contributed by atoms with van der Waals surface area (Å²) in [6, 6.07) is 21.5. The van der Waals surface area contributed by atoms with Crippen LogP contribution in [-0.2, 0) is 29.1 Å². The lowest BCUT2D eigenvalue weighted by Gasteiger charge is -2.18. The molecule has 0 saturated heterocycles. The van der Waals surface area contributed by atoms with E-state index in [1.54, 1.807) is 48.5 Å². The zero-order valence-corrected chi connectivity index (χ0v) is 20.2. The van der Waals surface area contributed by atoms with Crippen LogP contribution < -0.4 is 9.64 Å². The highest BCUT2D eigenvalue weighted by atomic mass is 17.5. The summed E-state index contributed by atoms with van der Waals surface area (Å²) in [4.78, 5) is 31.4. The Morgan fingerprint density at radius 3 is 1.78 bits per heavy atom. The first-order valence-electron chi connectivity index (χ1n) is 11.0. The lowest BCUT2D eigenvalue weighted by molar-refractivity contribution is -0.498. The number of hydrogen-bond donors (Lipinski definition) is 0. The van der Waals surface area contributed by atoms with Crippen LogP contribution in [0.15, 0.2) is 93.3 Å². The van der Waals surface area contributed by atoms with E-state index in [9.17, 15) is 9.59 Å². The van der Waals surface area contributed by atoms with Gasteiger partial charge in [-0.25, -0.2) is 4.79 Å². The highest BCUT2D eigenvalue weighted by Crippen LogP contribution is 2.25. The number of azo groups is 2. The largest absolute Gasteiger partial charge is 0.466 e. The summed E-state index contributed by atoms with van der Waals surface area (Å²) < 4.78 is 9.98. The normalized spacial score (nSPS) is 11.0. The third-order valence-corrected chi connectivity index (χ3v) is 4.62. The lowest BCUT2D eigenvalue weighted by atomic mass is 10.2. The molecule has 0 aliphatic heterocycles. The molecule has 37 heavy (non-hydrogen) atoms. The fraction of sp³-hybridized carbons (Fsp3) is 0.200. The summed E-state index contributed by atoms with van der Waals surface area (Å²) in [5.74, 6) is -0.133. The van der Waals surface area contributed by atoms with Crippen LogP contribution in [0, 0.1) is 0 Å². The van der Waals surface area contributed by atoms with Crippen LogP contribution >= 0.6 is 0 Å². The number of nitrogens with zero attached hydrogens (tertiary/aromatic N) is 5. The van der Waals surface area contributed by atoms with Gasteiger partial charge in [0.1, 0.15) is 12.4 Å². The minimum atomic E-state index is -0.639. The number of anilines is 1. The topological polar surface area (TPSA) is 133 Å². The van der Waals surface area contributed by atoms with Gasteiger partial charge in [-0.1, -0.05) is 0 Å². The van der Waals surface area contributed by atoms with Crippen LogP contribution in [0.3, 0.4) is 0 Å². The Hall–Kier alpha value is -4.68. The predicted octanol–water partition coefficient (Wildman–Crippen LogP) is 5.89. The van der Waals surface area contributed by atoms with Gasteiger partial charge in [0.15, 0.2) is 0 Å². The molecular weight excluding hydrogens is 482 g/mol. The van der Waals surface area contributed by atoms with Crippen molar-refractivity contribution < 1.29 is 33.9 Å². The number of ether oxygens (including phenoxy) is 2. The summed E-state index contributed by atoms with van der Waals surface area (Å²) in [6.07, 6.45) is 0. The van der Waals surface area contributed by atoms with Gasteiger partial charge in [0.05, 0.1) is 29.3 Å². The Morgan fingerprint density at radius 1 is 0.811 bits per heavy atom. The third-order valence-electron chi connectivity index (χ3n) is 4.62. The molecular formula is C25H25N5O7. The zero-order valence-electron chi connectivity index (χ0n) is 20.2. The van der Waals surface area contributed by atoms with Crippen molar-refractivity contribution in [1.29, 1.82) is 0 Å². The number of likely N-dealkylation sites (N-methyl/N-ethyl adjacent to an activating group) is 1. The standard InChI is InChI=1S/C25H25N5O7/c1-19(32)36-37-35-18-34-25-13-9-23(10-14-25)29-27-21-5-3-20(4-6-21)26-28-22-7-11-24(12-8-22)30(2)15-16-33-17-31/h3-14,17H,15-16,18H2,1-2H3. The molecule has 0 aromatic heterocycles. The average Bonchev–Trinajstić information content (AvgIpc) is 2.92. The second-order valence-electron chi connectivity index (χ2n) is 7.34. The van der Waals surface area contributed by atoms with Gasteiger partial charge in [0.2, 0.25) is 6.79 Å². The third kappa shape index (κ3) is 9.84. The second-order valence-corrected chi connectivity index (χ2v) is 7.34. The van der Waals surface area contributed by atoms with E-state index < -0.39 is 5.97 Å². The van der Waals surface area contributed by atoms with Crippen molar-refractivity contribution in [2.24, 2.45) is 20.5 Å². The van der Waals surface area contributed by atoms with Crippen LogP contribution in [-0.4, -0.2) is 39.4 Å². The van der Waals surface area contributed by atoms with E-state index >= 15 is 0 Å². The maximum atomic E-state index is 10.5. The lowest BCUT2D eigenvalue weighted by Crippen LogP contribution is -2.22. The van der Waals surface area contributed by atoms with Crippen molar-refractivity contribution in [2.45, 2.75) is 6.92 Å². The summed E-state index contributed by atoms with van der Waals surface area (Å²) in [5.41, 5.74) is 3.64. The van der Waals surface area contributed by atoms with Crippen LogP contribution in [0.5, 0.6) is 5.75 Å². The molecule has 0 unspecified atom stereocenters. The molecule has 0 amide bonds. The Bertz CT molecular complexity index is 1180. The Labute approximate surface area is 213 Å². The molecule has 12 heteroatoms. The van der Waals surface area contributed by atoms with E-state index in [1.807, 2.05) is 36.2 Å². The van der Waals surface area contributed by atoms with Crippen LogP contribution in [0.4, 0.5) is 28.4 Å². The van der Waals surface area contributed by atoms with Gasteiger partial charge < -0.3 is 14.4 Å². The van der Waals surface area contributed by atoms with Gasteiger partial charge in [0, 0.05) is 19.7 Å². The van der Waals surface area contributed by atoms with E-state index in [0.717, 1.165) is 5.69 Å². The van der Waals surface area contributed by atoms with E-state index in [2.05, 4.69) is 35.3 Å². The second kappa shape index (κ2) is 14.7. The number of rotatable bonds is 14. The van der Waals surface area contributed by atoms with Crippen LogP contribution in [0.2, 0.25) is 0 Å². The molecule has 0 radical (unpaired) electrons. The maximum Gasteiger partial charge on any atom is 0.342 e. The fourth-order valence-corrected chi connectivity index (χ4v) is 2.75. The van der Waals surface area contributed by atoms with Gasteiger partial charge in [0.25, 0.3) is 6.47 Å². The van der Waals surface area contributed by atoms with E-state index in [0.29, 0.717) is 48.1 Å². The molecule has 0 aliphatic rings. The molecule has 192 valence electrons. The minimum Gasteiger partial charge on any atom is -0.466 e. The molecule has 0 saturated carbocycles. The molecule has 0 bridgehead atoms. The van der Waals surface area contributed by atoms with Crippen molar-refractivity contribution in [2.75, 3.05) is 31.9 Å². The molecule has 3 aromatic rings.